The van der Waals surface area contributed by atoms with Gasteiger partial charge in [-0.3, -0.25) is 9.88 Å². The van der Waals surface area contributed by atoms with Gasteiger partial charge in [0, 0.05) is 22.7 Å². The molecule has 0 aliphatic carbocycles. The topological polar surface area (TPSA) is 36.4 Å². The first-order valence-electron chi connectivity index (χ1n) is 7.90. The van der Waals surface area contributed by atoms with Crippen LogP contribution in [0.25, 0.3) is 10.9 Å². The Morgan fingerprint density at radius 2 is 2.19 bits per heavy atom. The number of benzene rings is 1. The third-order valence-corrected chi connectivity index (χ3v) is 4.82. The van der Waals surface area contributed by atoms with Crippen LogP contribution in [0.3, 0.4) is 0 Å². The number of nitrogens with zero attached hydrogens (tertiary/aromatic N) is 2. The number of likely N-dealkylation sites (tertiary alicyclic amines) is 1. The van der Waals surface area contributed by atoms with Crippen molar-refractivity contribution in [1.29, 1.82) is 0 Å². The van der Waals surface area contributed by atoms with E-state index in [1.807, 2.05) is 19.1 Å². The van der Waals surface area contributed by atoms with Gasteiger partial charge >= 0.3 is 0 Å². The number of pyridine rings is 1. The summed E-state index contributed by atoms with van der Waals surface area (Å²) in [5.41, 5.74) is 4.17. The number of likely N-dealkylation sites (N-methyl/N-ethyl adjacent to an activating group) is 1. The Bertz CT molecular complexity index is 653. The molecule has 1 N–H and O–H groups in total. The Kier molecular flexibility index (Phi) is 3.96. The van der Waals surface area contributed by atoms with Crippen LogP contribution in [0.15, 0.2) is 24.3 Å². The van der Waals surface area contributed by atoms with E-state index in [0.29, 0.717) is 0 Å². The first-order chi connectivity index (χ1) is 10.1. The van der Waals surface area contributed by atoms with Gasteiger partial charge in [0.25, 0.3) is 0 Å². The monoisotopic (exact) mass is 284 g/mol. The molecule has 3 heteroatoms. The van der Waals surface area contributed by atoms with E-state index in [4.69, 9.17) is 4.98 Å². The molecule has 1 aromatic carbocycles. The van der Waals surface area contributed by atoms with Crippen LogP contribution in [0, 0.1) is 13.8 Å². The van der Waals surface area contributed by atoms with Gasteiger partial charge in [-0.05, 0) is 51.4 Å². The lowest BCUT2D eigenvalue weighted by Crippen LogP contribution is -2.34. The quantitative estimate of drug-likeness (QED) is 0.939. The van der Waals surface area contributed by atoms with Crippen molar-refractivity contribution in [1.82, 2.24) is 9.88 Å². The number of hydrogen-bond acceptors (Lipinski definition) is 3. The highest BCUT2D eigenvalue weighted by atomic mass is 16.3. The molecule has 0 spiro atoms. The first-order valence-corrected chi connectivity index (χ1v) is 7.90. The SMILES string of the molecule is CCN1CCC[C@@H]1C(O)c1cccc2cc(C)c(C)nc12. The van der Waals surface area contributed by atoms with Gasteiger partial charge in [-0.25, -0.2) is 0 Å². The van der Waals surface area contributed by atoms with Crippen LogP contribution in [0.1, 0.15) is 42.7 Å². The summed E-state index contributed by atoms with van der Waals surface area (Å²) in [5, 5.41) is 12.0. The minimum atomic E-state index is -0.453. The lowest BCUT2D eigenvalue weighted by molar-refractivity contribution is 0.0764. The second-order valence-electron chi connectivity index (χ2n) is 6.09. The molecule has 3 rings (SSSR count). The van der Waals surface area contributed by atoms with Crippen LogP contribution >= 0.6 is 0 Å². The minimum absolute atomic E-state index is 0.226. The van der Waals surface area contributed by atoms with E-state index < -0.39 is 6.10 Å². The molecule has 1 saturated heterocycles. The molecule has 1 aromatic heterocycles. The zero-order valence-electron chi connectivity index (χ0n) is 13.1. The van der Waals surface area contributed by atoms with E-state index >= 15 is 0 Å². The van der Waals surface area contributed by atoms with E-state index in [2.05, 4.69) is 30.9 Å². The molecule has 112 valence electrons. The molecule has 0 saturated carbocycles. The molecule has 0 radical (unpaired) electrons. The van der Waals surface area contributed by atoms with Gasteiger partial charge in [0.15, 0.2) is 0 Å². The molecule has 2 atom stereocenters. The highest BCUT2D eigenvalue weighted by Gasteiger charge is 2.31. The highest BCUT2D eigenvalue weighted by Crippen LogP contribution is 2.32. The van der Waals surface area contributed by atoms with E-state index in [1.54, 1.807) is 0 Å². The Morgan fingerprint density at radius 3 is 2.95 bits per heavy atom. The largest absolute Gasteiger partial charge is 0.387 e. The zero-order chi connectivity index (χ0) is 15.0. The summed E-state index contributed by atoms with van der Waals surface area (Å²) in [6.07, 6.45) is 1.79. The molecular weight excluding hydrogens is 260 g/mol. The van der Waals surface area contributed by atoms with Crippen LogP contribution in [-0.2, 0) is 0 Å². The van der Waals surface area contributed by atoms with Gasteiger partial charge in [0.1, 0.15) is 0 Å². The third-order valence-electron chi connectivity index (χ3n) is 4.82. The molecule has 1 fully saturated rings. The predicted octanol–water partition coefficient (Wildman–Crippen LogP) is 3.37. The molecule has 21 heavy (non-hydrogen) atoms. The average Bonchev–Trinajstić information content (AvgIpc) is 2.95. The van der Waals surface area contributed by atoms with Crippen LogP contribution < -0.4 is 0 Å². The molecule has 3 nitrogen and oxygen atoms in total. The van der Waals surface area contributed by atoms with Crippen LogP contribution in [0.4, 0.5) is 0 Å². The van der Waals surface area contributed by atoms with E-state index in [-0.39, 0.29) is 6.04 Å². The van der Waals surface area contributed by atoms with Gasteiger partial charge in [0.05, 0.1) is 11.6 Å². The minimum Gasteiger partial charge on any atom is -0.387 e. The molecule has 1 unspecified atom stereocenters. The summed E-state index contributed by atoms with van der Waals surface area (Å²) in [5.74, 6) is 0. The van der Waals surface area contributed by atoms with Gasteiger partial charge in [0.2, 0.25) is 0 Å². The van der Waals surface area contributed by atoms with E-state index in [0.717, 1.165) is 41.7 Å². The number of fused-ring (bicyclic) bond motifs is 1. The number of aromatic nitrogens is 1. The van der Waals surface area contributed by atoms with Gasteiger partial charge in [-0.15, -0.1) is 0 Å². The maximum Gasteiger partial charge on any atom is 0.0966 e. The second kappa shape index (κ2) is 5.74. The number of aryl methyl sites for hydroxylation is 2. The van der Waals surface area contributed by atoms with Gasteiger partial charge in [-0.2, -0.15) is 0 Å². The Morgan fingerprint density at radius 1 is 1.38 bits per heavy atom. The van der Waals surface area contributed by atoms with Crippen molar-refractivity contribution in [3.05, 3.63) is 41.1 Å². The number of aliphatic hydroxyl groups is 1. The van der Waals surface area contributed by atoms with Crippen molar-refractivity contribution in [2.45, 2.75) is 45.8 Å². The van der Waals surface area contributed by atoms with Crippen molar-refractivity contribution < 1.29 is 5.11 Å². The summed E-state index contributed by atoms with van der Waals surface area (Å²) in [7, 11) is 0. The van der Waals surface area contributed by atoms with Crippen molar-refractivity contribution in [3.8, 4) is 0 Å². The Hall–Kier alpha value is -1.45. The summed E-state index contributed by atoms with van der Waals surface area (Å²) in [6, 6.07) is 8.53. The third kappa shape index (κ3) is 2.56. The normalized spacial score (nSPS) is 21.0. The maximum atomic E-state index is 10.9. The van der Waals surface area contributed by atoms with Crippen molar-refractivity contribution in [2.24, 2.45) is 0 Å². The van der Waals surface area contributed by atoms with Gasteiger partial charge in [-0.1, -0.05) is 25.1 Å². The average molecular weight is 284 g/mol. The number of hydrogen-bond donors (Lipinski definition) is 1. The fourth-order valence-corrected chi connectivity index (χ4v) is 3.47. The van der Waals surface area contributed by atoms with E-state index in [1.165, 1.54) is 12.0 Å². The van der Waals surface area contributed by atoms with Crippen molar-refractivity contribution >= 4 is 10.9 Å². The smallest absolute Gasteiger partial charge is 0.0966 e. The molecule has 1 aliphatic rings. The molecule has 2 heterocycles. The maximum absolute atomic E-state index is 10.9. The Balaban J connectivity index is 2.05. The summed E-state index contributed by atoms with van der Waals surface area (Å²) in [4.78, 5) is 7.12. The highest BCUT2D eigenvalue weighted by molar-refractivity contribution is 5.83. The summed E-state index contributed by atoms with van der Waals surface area (Å²) >= 11 is 0. The fourth-order valence-electron chi connectivity index (χ4n) is 3.47. The molecule has 2 aromatic rings. The first kappa shape index (κ1) is 14.5. The number of para-hydroxylation sites is 1. The summed E-state index contributed by atoms with van der Waals surface area (Å²) in [6.45, 7) is 8.37. The van der Waals surface area contributed by atoms with E-state index in [9.17, 15) is 5.11 Å². The van der Waals surface area contributed by atoms with Crippen LogP contribution in [-0.4, -0.2) is 34.1 Å². The zero-order valence-corrected chi connectivity index (χ0v) is 13.1. The second-order valence-corrected chi connectivity index (χ2v) is 6.09. The summed E-state index contributed by atoms with van der Waals surface area (Å²) < 4.78 is 0. The molecule has 0 bridgehead atoms. The molecule has 1 aliphatic heterocycles. The lowest BCUT2D eigenvalue weighted by Gasteiger charge is -2.28. The van der Waals surface area contributed by atoms with Crippen LogP contribution in [0.2, 0.25) is 0 Å². The number of aliphatic hydroxyl groups excluding tert-OH is 1. The molecule has 0 amide bonds. The predicted molar refractivity (Wildman–Crippen MR) is 86.4 cm³/mol. The lowest BCUT2D eigenvalue weighted by atomic mass is 9.97. The van der Waals surface area contributed by atoms with Gasteiger partial charge < -0.3 is 5.11 Å². The fraction of sp³-hybridized carbons (Fsp3) is 0.500. The van der Waals surface area contributed by atoms with Crippen molar-refractivity contribution in [2.75, 3.05) is 13.1 Å². The Labute approximate surface area is 126 Å². The van der Waals surface area contributed by atoms with Crippen LogP contribution in [0.5, 0.6) is 0 Å². The van der Waals surface area contributed by atoms with Crippen molar-refractivity contribution in [3.63, 3.8) is 0 Å². The number of rotatable bonds is 3. The molecular formula is C18H24N2O. The standard InChI is InChI=1S/C18H24N2O/c1-4-20-10-6-9-16(20)18(21)15-8-5-7-14-11-12(2)13(3)19-17(14)15/h5,7-8,11,16,18,21H,4,6,9-10H2,1-3H3/t16-,18?/m1/s1.